The van der Waals surface area contributed by atoms with Crippen molar-refractivity contribution in [3.63, 3.8) is 0 Å². The van der Waals surface area contributed by atoms with Gasteiger partial charge in [-0.25, -0.2) is 9.97 Å². The normalized spacial score (nSPS) is 11.9. The molecule has 0 radical (unpaired) electrons. The Hall–Kier alpha value is -3.84. The summed E-state index contributed by atoms with van der Waals surface area (Å²) in [5.74, 6) is 0.584. The van der Waals surface area contributed by atoms with Gasteiger partial charge in [-0.15, -0.1) is 0 Å². The Morgan fingerprint density at radius 1 is 1.03 bits per heavy atom. The van der Waals surface area contributed by atoms with Gasteiger partial charge in [0.25, 0.3) is 5.88 Å². The van der Waals surface area contributed by atoms with E-state index in [1.165, 1.54) is 24.1 Å². The maximum Gasteiger partial charge on any atom is 0.408 e. The van der Waals surface area contributed by atoms with Gasteiger partial charge in [-0.3, -0.25) is 9.25 Å². The Bertz CT molecular complexity index is 1420. The molecule has 0 aliphatic rings. The highest BCUT2D eigenvalue weighted by Crippen LogP contribution is 2.38. The van der Waals surface area contributed by atoms with Crippen LogP contribution < -0.4 is 9.47 Å². The van der Waals surface area contributed by atoms with E-state index >= 15 is 0 Å². The number of alkyl halides is 3. The van der Waals surface area contributed by atoms with Gasteiger partial charge in [0.15, 0.2) is 5.75 Å². The molecule has 0 amide bonds. The van der Waals surface area contributed by atoms with Crippen LogP contribution in [0.25, 0.3) is 27.8 Å². The van der Waals surface area contributed by atoms with E-state index in [4.69, 9.17) is 23.9 Å². The van der Waals surface area contributed by atoms with Crippen molar-refractivity contribution in [1.82, 2.24) is 24.3 Å². The van der Waals surface area contributed by atoms with E-state index in [2.05, 4.69) is 10.1 Å². The maximum absolute atomic E-state index is 12.8. The summed E-state index contributed by atoms with van der Waals surface area (Å²) in [6.45, 7) is 3.91. The number of fused-ring (bicyclic) bond motifs is 1. The number of aryl methyl sites for hydroxylation is 2. The molecule has 0 aromatic carbocycles. The van der Waals surface area contributed by atoms with Crippen LogP contribution in [-0.4, -0.2) is 76.2 Å². The Kier molecular flexibility index (Phi) is 8.07. The van der Waals surface area contributed by atoms with Crippen molar-refractivity contribution >= 4 is 10.9 Å². The third-order valence-corrected chi connectivity index (χ3v) is 5.78. The molecule has 0 atom stereocenters. The highest BCUT2D eigenvalue weighted by molar-refractivity contribution is 5.93. The fraction of sp³-hybridized carbons (Fsp3) is 0.400. The summed E-state index contributed by atoms with van der Waals surface area (Å²) in [6.07, 6.45) is -0.317. The first kappa shape index (κ1) is 27.2. The second-order valence-corrected chi connectivity index (χ2v) is 8.49. The molecule has 38 heavy (non-hydrogen) atoms. The van der Waals surface area contributed by atoms with Crippen LogP contribution in [0.3, 0.4) is 0 Å². The topological polar surface area (TPSA) is 106 Å². The Morgan fingerprint density at radius 2 is 1.79 bits per heavy atom. The van der Waals surface area contributed by atoms with Gasteiger partial charge in [0.05, 0.1) is 55.4 Å². The van der Waals surface area contributed by atoms with Gasteiger partial charge >= 0.3 is 6.18 Å². The molecule has 0 bridgehead atoms. The van der Waals surface area contributed by atoms with Crippen LogP contribution in [0.1, 0.15) is 11.3 Å². The average Bonchev–Trinajstić information content (AvgIpc) is 3.41. The monoisotopic (exact) mass is 535 g/mol. The van der Waals surface area contributed by atoms with E-state index in [1.807, 2.05) is 6.92 Å². The number of pyridine rings is 2. The lowest BCUT2D eigenvalue weighted by atomic mass is 10.1. The van der Waals surface area contributed by atoms with Crippen molar-refractivity contribution in [3.05, 3.63) is 42.0 Å². The van der Waals surface area contributed by atoms with Crippen LogP contribution >= 0.6 is 0 Å². The number of methoxy groups -OCH3 is 2. The van der Waals surface area contributed by atoms with Gasteiger partial charge in [-0.2, -0.15) is 18.3 Å². The molecule has 0 saturated carbocycles. The lowest BCUT2D eigenvalue weighted by Crippen LogP contribution is -2.17. The number of rotatable bonds is 11. The maximum atomic E-state index is 12.8. The minimum Gasteiger partial charge on any atom is -0.494 e. The summed E-state index contributed by atoms with van der Waals surface area (Å²) in [5, 5.41) is 15.2. The van der Waals surface area contributed by atoms with E-state index in [0.717, 1.165) is 10.2 Å². The van der Waals surface area contributed by atoms with Crippen LogP contribution in [0.4, 0.5) is 13.2 Å². The van der Waals surface area contributed by atoms with Crippen molar-refractivity contribution in [1.29, 1.82) is 0 Å². The highest BCUT2D eigenvalue weighted by atomic mass is 19.4. The highest BCUT2D eigenvalue weighted by Gasteiger charge is 2.29. The van der Waals surface area contributed by atoms with Gasteiger partial charge in [0.1, 0.15) is 13.2 Å². The number of hydrogen-bond acceptors (Lipinski definition) is 8. The van der Waals surface area contributed by atoms with E-state index in [1.54, 1.807) is 32.4 Å². The molecule has 204 valence electrons. The largest absolute Gasteiger partial charge is 0.494 e. The zero-order chi connectivity index (χ0) is 27.4. The number of halogens is 3. The molecule has 0 spiro atoms. The fourth-order valence-corrected chi connectivity index (χ4v) is 4.06. The minimum atomic E-state index is -4.41. The Morgan fingerprint density at radius 3 is 2.50 bits per heavy atom. The van der Waals surface area contributed by atoms with E-state index in [9.17, 15) is 18.3 Å². The molecular weight excluding hydrogens is 507 g/mol. The number of aromatic hydroxyl groups is 1. The van der Waals surface area contributed by atoms with Gasteiger partial charge in [-0.05, 0) is 31.5 Å². The Labute approximate surface area is 216 Å². The summed E-state index contributed by atoms with van der Waals surface area (Å²) in [7, 11) is 3.10. The van der Waals surface area contributed by atoms with Gasteiger partial charge < -0.3 is 24.1 Å². The lowest BCUT2D eigenvalue weighted by molar-refractivity contribution is -0.142. The van der Waals surface area contributed by atoms with Crippen LogP contribution in [0, 0.1) is 13.8 Å². The van der Waals surface area contributed by atoms with Crippen LogP contribution in [0.2, 0.25) is 0 Å². The standard InChI is InChI=1S/C25H28F3N5O5/c1-15-9-19(17-10-20(36-4)23(29-11-17)38-8-7-37-6-5-35-3)31-22-16(2)33(24(34)21(15)22)18-12-30-32(13-18)14-25(26,27)28/h9-13,34H,5-8,14H2,1-4H3. The molecular formula is C25H28F3N5O5. The first-order valence-electron chi connectivity index (χ1n) is 11.7. The second kappa shape index (κ2) is 11.3. The fourth-order valence-electron chi connectivity index (χ4n) is 4.06. The number of nitrogens with zero attached hydrogens (tertiary/aromatic N) is 5. The van der Waals surface area contributed by atoms with Crippen LogP contribution in [-0.2, 0) is 16.0 Å². The van der Waals surface area contributed by atoms with E-state index in [0.29, 0.717) is 65.0 Å². The molecule has 0 aliphatic carbocycles. The Balaban J connectivity index is 1.63. The number of ether oxygens (including phenoxy) is 4. The van der Waals surface area contributed by atoms with Crippen molar-refractivity contribution < 1.29 is 37.2 Å². The quantitative estimate of drug-likeness (QED) is 0.285. The third-order valence-electron chi connectivity index (χ3n) is 5.78. The first-order valence-corrected chi connectivity index (χ1v) is 11.7. The summed E-state index contributed by atoms with van der Waals surface area (Å²) in [6, 6.07) is 3.54. The summed E-state index contributed by atoms with van der Waals surface area (Å²) in [4.78, 5) is 9.10. The zero-order valence-electron chi connectivity index (χ0n) is 21.4. The smallest absolute Gasteiger partial charge is 0.408 e. The lowest BCUT2D eigenvalue weighted by Gasteiger charge is -2.12. The summed E-state index contributed by atoms with van der Waals surface area (Å²) < 4.78 is 62.0. The summed E-state index contributed by atoms with van der Waals surface area (Å²) >= 11 is 0. The first-order chi connectivity index (χ1) is 18.1. The van der Waals surface area contributed by atoms with E-state index in [-0.39, 0.29) is 12.5 Å². The molecule has 4 aromatic rings. The van der Waals surface area contributed by atoms with Crippen LogP contribution in [0.5, 0.6) is 17.5 Å². The van der Waals surface area contributed by atoms with Crippen LogP contribution in [0.15, 0.2) is 30.7 Å². The molecule has 10 nitrogen and oxygen atoms in total. The SMILES string of the molecule is COCCOCCOc1ncc(-c2cc(C)c3c(O)n(-c4cnn(CC(F)(F)F)c4)c(C)c3n2)cc1OC. The van der Waals surface area contributed by atoms with Crippen molar-refractivity contribution in [2.75, 3.05) is 40.6 Å². The number of hydrogen-bond donors (Lipinski definition) is 1. The molecule has 0 saturated heterocycles. The molecule has 0 unspecified atom stereocenters. The molecule has 13 heteroatoms. The van der Waals surface area contributed by atoms with E-state index < -0.39 is 12.7 Å². The van der Waals surface area contributed by atoms with Gasteiger partial charge in [0, 0.05) is 30.8 Å². The molecule has 0 aliphatic heterocycles. The molecule has 1 N–H and O–H groups in total. The second-order valence-electron chi connectivity index (χ2n) is 8.49. The predicted octanol–water partition coefficient (Wildman–Crippen LogP) is 4.22. The van der Waals surface area contributed by atoms with Crippen molar-refractivity contribution in [2.24, 2.45) is 0 Å². The van der Waals surface area contributed by atoms with Gasteiger partial charge in [-0.1, -0.05) is 0 Å². The van der Waals surface area contributed by atoms with Gasteiger partial charge in [0.2, 0.25) is 5.88 Å². The predicted molar refractivity (Wildman–Crippen MR) is 132 cm³/mol. The molecule has 4 rings (SSSR count). The third kappa shape index (κ3) is 5.83. The summed E-state index contributed by atoms with van der Waals surface area (Å²) in [5.41, 5.74) is 3.28. The number of aromatic nitrogens is 5. The molecule has 4 aromatic heterocycles. The van der Waals surface area contributed by atoms with Crippen molar-refractivity contribution in [2.45, 2.75) is 26.6 Å². The minimum absolute atomic E-state index is 0.132. The molecule has 4 heterocycles. The average molecular weight is 536 g/mol. The van der Waals surface area contributed by atoms with Crippen molar-refractivity contribution in [3.8, 4) is 34.5 Å². The molecule has 0 fully saturated rings. The zero-order valence-corrected chi connectivity index (χ0v) is 21.4.